The highest BCUT2D eigenvalue weighted by Gasteiger charge is 2.49. The number of fused-ring (bicyclic) bond motifs is 4. The average Bonchev–Trinajstić information content (AvgIpc) is 3.24. The fourth-order valence-electron chi connectivity index (χ4n) is 3.43. The highest BCUT2D eigenvalue weighted by Crippen LogP contribution is 2.49. The third kappa shape index (κ3) is 1.97. The molecule has 1 aliphatic carbocycles. The van der Waals surface area contributed by atoms with Gasteiger partial charge in [-0.3, -0.25) is 4.79 Å². The van der Waals surface area contributed by atoms with Crippen molar-refractivity contribution in [3.05, 3.63) is 70.3 Å². The molecule has 0 bridgehead atoms. The van der Waals surface area contributed by atoms with Crippen molar-refractivity contribution >= 4 is 21.8 Å². The van der Waals surface area contributed by atoms with Crippen molar-refractivity contribution in [2.24, 2.45) is 0 Å². The molecule has 1 saturated carbocycles. The zero-order chi connectivity index (χ0) is 16.3. The van der Waals surface area contributed by atoms with Gasteiger partial charge in [0.1, 0.15) is 5.69 Å². The second-order valence-corrected chi connectivity index (χ2v) is 7.31. The zero-order valence-electron chi connectivity index (χ0n) is 12.8. The minimum absolute atomic E-state index is 0.0606. The van der Waals surface area contributed by atoms with Gasteiger partial charge in [0.25, 0.3) is 5.91 Å². The Bertz CT molecular complexity index is 974. The molecule has 1 aromatic heterocycles. The number of benzene rings is 2. The van der Waals surface area contributed by atoms with Crippen LogP contribution in [0.25, 0.3) is 16.9 Å². The van der Waals surface area contributed by atoms with Crippen LogP contribution in [0.4, 0.5) is 0 Å². The van der Waals surface area contributed by atoms with E-state index in [9.17, 15) is 4.79 Å². The van der Waals surface area contributed by atoms with E-state index in [2.05, 4.69) is 27.3 Å². The number of halogens is 1. The molecular weight excluding hydrogens is 366 g/mol. The number of hydrogen-bond donors (Lipinski definition) is 1. The molecule has 24 heavy (non-hydrogen) atoms. The summed E-state index contributed by atoms with van der Waals surface area (Å²) in [4.78, 5) is 12.8. The second kappa shape index (κ2) is 4.80. The van der Waals surface area contributed by atoms with Crippen LogP contribution in [0.3, 0.4) is 0 Å². The molecular formula is C19H14BrN3O. The van der Waals surface area contributed by atoms with E-state index in [0.29, 0.717) is 5.69 Å². The molecule has 118 valence electrons. The summed E-state index contributed by atoms with van der Waals surface area (Å²) in [5.41, 5.74) is 4.28. The minimum Gasteiger partial charge on any atom is -0.341 e. The first-order chi connectivity index (χ1) is 11.7. The molecule has 1 N–H and O–H groups in total. The summed E-state index contributed by atoms with van der Waals surface area (Å²) in [6.07, 6.45) is 1.95. The number of amides is 1. The summed E-state index contributed by atoms with van der Waals surface area (Å²) in [6.45, 7) is 0. The van der Waals surface area contributed by atoms with Gasteiger partial charge in [-0.2, -0.15) is 5.10 Å². The van der Waals surface area contributed by atoms with Gasteiger partial charge >= 0.3 is 0 Å². The number of nitrogens with one attached hydrogen (secondary N) is 1. The van der Waals surface area contributed by atoms with Gasteiger partial charge in [-0.05, 0) is 31.0 Å². The Balaban J connectivity index is 1.76. The van der Waals surface area contributed by atoms with Gasteiger partial charge in [-0.15, -0.1) is 0 Å². The van der Waals surface area contributed by atoms with Crippen molar-refractivity contribution in [3.8, 4) is 16.9 Å². The molecule has 0 atom stereocenters. The summed E-state index contributed by atoms with van der Waals surface area (Å²) in [6, 6.07) is 18.0. The number of carbonyl (C=O) groups excluding carboxylic acids is 1. The lowest BCUT2D eigenvalue weighted by molar-refractivity contribution is 0.0927. The van der Waals surface area contributed by atoms with E-state index in [1.165, 1.54) is 0 Å². The fourth-order valence-corrected chi connectivity index (χ4v) is 3.78. The zero-order valence-corrected chi connectivity index (χ0v) is 14.4. The molecule has 2 heterocycles. The van der Waals surface area contributed by atoms with Crippen LogP contribution in [-0.4, -0.2) is 15.7 Å². The number of hydrogen-bond acceptors (Lipinski definition) is 2. The van der Waals surface area contributed by atoms with Gasteiger partial charge < -0.3 is 5.32 Å². The molecule has 1 amide bonds. The van der Waals surface area contributed by atoms with Crippen molar-refractivity contribution < 1.29 is 4.79 Å². The Morgan fingerprint density at radius 3 is 2.62 bits per heavy atom. The Labute approximate surface area is 147 Å². The predicted octanol–water partition coefficient (Wildman–Crippen LogP) is 4.03. The van der Waals surface area contributed by atoms with E-state index >= 15 is 0 Å². The number of carbonyl (C=O) groups is 1. The monoisotopic (exact) mass is 379 g/mol. The van der Waals surface area contributed by atoms with E-state index in [1.807, 2.05) is 48.5 Å². The van der Waals surface area contributed by atoms with Crippen molar-refractivity contribution in [3.63, 3.8) is 0 Å². The molecule has 1 aliphatic heterocycles. The van der Waals surface area contributed by atoms with Crippen LogP contribution in [0, 0.1) is 0 Å². The maximum absolute atomic E-state index is 12.8. The Hall–Kier alpha value is -2.40. The standard InChI is InChI=1S/C19H14BrN3O/c20-13-6-7-14-16(10-13)23-17(18(24)21-19(14)8-9-19)11-15(22-23)12-4-2-1-3-5-12/h1-7,10-11H,8-9H2,(H,21,24). The first-order valence-electron chi connectivity index (χ1n) is 7.95. The third-order valence-electron chi connectivity index (χ3n) is 4.82. The average molecular weight is 380 g/mol. The molecule has 2 aliphatic rings. The van der Waals surface area contributed by atoms with Gasteiger partial charge in [0.2, 0.25) is 0 Å². The van der Waals surface area contributed by atoms with Crippen LogP contribution >= 0.6 is 15.9 Å². The topological polar surface area (TPSA) is 46.9 Å². The van der Waals surface area contributed by atoms with Gasteiger partial charge in [0, 0.05) is 15.6 Å². The van der Waals surface area contributed by atoms with Crippen molar-refractivity contribution in [2.75, 3.05) is 0 Å². The first kappa shape index (κ1) is 14.0. The maximum atomic E-state index is 12.8. The summed E-state index contributed by atoms with van der Waals surface area (Å²) in [5, 5.41) is 7.95. The van der Waals surface area contributed by atoms with Gasteiger partial charge in [0.05, 0.1) is 16.9 Å². The highest BCUT2D eigenvalue weighted by molar-refractivity contribution is 9.10. The first-order valence-corrected chi connectivity index (χ1v) is 8.74. The summed E-state index contributed by atoms with van der Waals surface area (Å²) < 4.78 is 2.76. The lowest BCUT2D eigenvalue weighted by Gasteiger charge is -2.17. The third-order valence-corrected chi connectivity index (χ3v) is 5.31. The Kier molecular flexibility index (Phi) is 2.80. The molecule has 4 nitrogen and oxygen atoms in total. The van der Waals surface area contributed by atoms with Crippen LogP contribution in [0.5, 0.6) is 0 Å². The van der Waals surface area contributed by atoms with Crippen LogP contribution in [-0.2, 0) is 5.54 Å². The van der Waals surface area contributed by atoms with E-state index < -0.39 is 0 Å². The van der Waals surface area contributed by atoms with Crippen LogP contribution in [0.1, 0.15) is 28.9 Å². The van der Waals surface area contributed by atoms with E-state index in [4.69, 9.17) is 5.10 Å². The van der Waals surface area contributed by atoms with Crippen LogP contribution in [0.2, 0.25) is 0 Å². The number of aromatic nitrogens is 2. The molecule has 3 aromatic rings. The minimum atomic E-state index is -0.222. The van der Waals surface area contributed by atoms with Gasteiger partial charge in [-0.1, -0.05) is 52.3 Å². The van der Waals surface area contributed by atoms with Crippen molar-refractivity contribution in [2.45, 2.75) is 18.4 Å². The smallest absolute Gasteiger partial charge is 0.270 e. The summed E-state index contributed by atoms with van der Waals surface area (Å²) >= 11 is 3.55. The molecule has 0 unspecified atom stereocenters. The molecule has 0 radical (unpaired) electrons. The van der Waals surface area contributed by atoms with Crippen molar-refractivity contribution in [1.29, 1.82) is 0 Å². The summed E-state index contributed by atoms with van der Waals surface area (Å²) in [7, 11) is 0. The number of nitrogens with zero attached hydrogens (tertiary/aromatic N) is 2. The lowest BCUT2D eigenvalue weighted by atomic mass is 10.0. The molecule has 1 spiro atoms. The molecule has 2 aromatic carbocycles. The Morgan fingerprint density at radius 2 is 1.88 bits per heavy atom. The quantitative estimate of drug-likeness (QED) is 0.693. The predicted molar refractivity (Wildman–Crippen MR) is 95.1 cm³/mol. The fraction of sp³-hybridized carbons (Fsp3) is 0.158. The molecule has 1 fully saturated rings. The van der Waals surface area contributed by atoms with E-state index in [0.717, 1.165) is 39.8 Å². The largest absolute Gasteiger partial charge is 0.341 e. The summed E-state index contributed by atoms with van der Waals surface area (Å²) in [5.74, 6) is -0.0606. The molecule has 5 rings (SSSR count). The maximum Gasteiger partial charge on any atom is 0.270 e. The van der Waals surface area contributed by atoms with Crippen LogP contribution in [0.15, 0.2) is 59.1 Å². The van der Waals surface area contributed by atoms with Crippen LogP contribution < -0.4 is 5.32 Å². The second-order valence-electron chi connectivity index (χ2n) is 6.39. The highest BCUT2D eigenvalue weighted by atomic mass is 79.9. The van der Waals surface area contributed by atoms with Crippen molar-refractivity contribution in [1.82, 2.24) is 15.1 Å². The van der Waals surface area contributed by atoms with Gasteiger partial charge in [-0.25, -0.2) is 4.68 Å². The van der Waals surface area contributed by atoms with E-state index in [1.54, 1.807) is 4.68 Å². The SMILES string of the molecule is O=C1NC2(CC2)c2ccc(Br)cc2-n2nc(-c3ccccc3)cc21. The molecule has 0 saturated heterocycles. The number of rotatable bonds is 1. The van der Waals surface area contributed by atoms with Gasteiger partial charge in [0.15, 0.2) is 0 Å². The normalized spacial score (nSPS) is 17.0. The molecule has 5 heteroatoms. The van der Waals surface area contributed by atoms with E-state index in [-0.39, 0.29) is 11.4 Å². The Morgan fingerprint density at radius 1 is 1.08 bits per heavy atom. The lowest BCUT2D eigenvalue weighted by Crippen LogP contribution is -2.33.